The molecule has 0 unspecified atom stereocenters. The van der Waals surface area contributed by atoms with Gasteiger partial charge in [-0.25, -0.2) is 14.4 Å². The number of aliphatic imine (C=N–C) groups is 3. The van der Waals surface area contributed by atoms with Crippen molar-refractivity contribution in [3.05, 3.63) is 12.7 Å². The topological polar surface area (TPSA) is 88.3 Å². The van der Waals surface area contributed by atoms with E-state index in [2.05, 4.69) is 21.6 Å². The minimum Gasteiger partial charge on any atom is -0.211 e. The molecule has 0 aliphatic rings. The van der Waals surface area contributed by atoms with Gasteiger partial charge >= 0.3 is 0 Å². The molecule has 0 radical (unpaired) electrons. The van der Waals surface area contributed by atoms with E-state index in [1.54, 1.807) is 0 Å². The van der Waals surface area contributed by atoms with Gasteiger partial charge in [-0.2, -0.15) is 0 Å². The Labute approximate surface area is 67.0 Å². The standard InChI is InChI=1S/C6H3N3O3/c1-2-6(7-3-10,8-4-11)9-5-12/h2H,1H2. The van der Waals surface area contributed by atoms with Crippen LogP contribution >= 0.6 is 0 Å². The molecule has 0 aromatic carbocycles. The average molecular weight is 165 g/mol. The smallest absolute Gasteiger partial charge is 0.211 e. The van der Waals surface area contributed by atoms with E-state index in [4.69, 9.17) is 0 Å². The van der Waals surface area contributed by atoms with Crippen LogP contribution in [0, 0.1) is 0 Å². The molecule has 0 aromatic heterocycles. The summed E-state index contributed by atoms with van der Waals surface area (Å²) < 4.78 is 0. The van der Waals surface area contributed by atoms with Crippen LogP contribution in [-0.2, 0) is 14.4 Å². The Balaban J connectivity index is 5.28. The van der Waals surface area contributed by atoms with Crippen LogP contribution in [0.25, 0.3) is 0 Å². The van der Waals surface area contributed by atoms with E-state index in [1.165, 1.54) is 0 Å². The van der Waals surface area contributed by atoms with Gasteiger partial charge < -0.3 is 0 Å². The van der Waals surface area contributed by atoms with Gasteiger partial charge in [0.05, 0.1) is 0 Å². The average Bonchev–Trinajstić information content (AvgIpc) is 2.06. The summed E-state index contributed by atoms with van der Waals surface area (Å²) in [7, 11) is 0. The Morgan fingerprint density at radius 1 is 1.00 bits per heavy atom. The summed E-state index contributed by atoms with van der Waals surface area (Å²) in [5, 5.41) is 0. The van der Waals surface area contributed by atoms with Crippen LogP contribution in [0.1, 0.15) is 0 Å². The molecule has 0 aliphatic carbocycles. The van der Waals surface area contributed by atoms with Gasteiger partial charge in [-0.1, -0.05) is 6.58 Å². The molecular weight excluding hydrogens is 162 g/mol. The fourth-order valence-corrected chi connectivity index (χ4v) is 0.413. The monoisotopic (exact) mass is 165 g/mol. The molecule has 0 spiro atoms. The normalized spacial score (nSPS) is 12.3. The van der Waals surface area contributed by atoms with Crippen molar-refractivity contribution in [2.24, 2.45) is 15.0 Å². The lowest BCUT2D eigenvalue weighted by molar-refractivity contribution is 0.515. The number of carbonyl (C=O) groups excluding carboxylic acids is 3. The predicted octanol–water partition coefficient (Wildman–Crippen LogP) is -0.166. The third kappa shape index (κ3) is 2.25. The lowest BCUT2D eigenvalue weighted by atomic mass is 10.4. The second-order valence-corrected chi connectivity index (χ2v) is 1.50. The van der Waals surface area contributed by atoms with Crippen molar-refractivity contribution in [2.45, 2.75) is 5.79 Å². The molecule has 0 aliphatic heterocycles. The Morgan fingerprint density at radius 3 is 1.50 bits per heavy atom. The molecule has 0 saturated heterocycles. The highest BCUT2D eigenvalue weighted by Crippen LogP contribution is 2.13. The molecule has 0 N–H and O–H groups in total. The van der Waals surface area contributed by atoms with Crippen molar-refractivity contribution in [3.8, 4) is 0 Å². The van der Waals surface area contributed by atoms with Crippen LogP contribution in [-0.4, -0.2) is 24.0 Å². The fraction of sp³-hybridized carbons (Fsp3) is 0.167. The van der Waals surface area contributed by atoms with Crippen LogP contribution in [0.4, 0.5) is 0 Å². The maximum absolute atomic E-state index is 9.81. The summed E-state index contributed by atoms with van der Waals surface area (Å²) in [6.45, 7) is 3.17. The number of hydrogen-bond donors (Lipinski definition) is 0. The summed E-state index contributed by atoms with van der Waals surface area (Å²) in [6.07, 6.45) is 4.17. The molecule has 0 saturated carbocycles. The van der Waals surface area contributed by atoms with E-state index in [-0.39, 0.29) is 0 Å². The zero-order valence-electron chi connectivity index (χ0n) is 5.85. The van der Waals surface area contributed by atoms with Gasteiger partial charge in [0.25, 0.3) is 5.79 Å². The Bertz CT molecular complexity index is 271. The molecule has 6 heteroatoms. The van der Waals surface area contributed by atoms with Crippen molar-refractivity contribution in [3.63, 3.8) is 0 Å². The molecule has 6 nitrogen and oxygen atoms in total. The van der Waals surface area contributed by atoms with E-state index in [9.17, 15) is 14.4 Å². The van der Waals surface area contributed by atoms with Crippen molar-refractivity contribution in [2.75, 3.05) is 0 Å². The van der Waals surface area contributed by atoms with Crippen LogP contribution in [0.15, 0.2) is 27.6 Å². The first-order valence-corrected chi connectivity index (χ1v) is 2.65. The summed E-state index contributed by atoms with van der Waals surface area (Å²) >= 11 is 0. The van der Waals surface area contributed by atoms with Crippen molar-refractivity contribution in [1.29, 1.82) is 0 Å². The molecule has 0 rings (SSSR count). The molecule has 0 atom stereocenters. The third-order valence-corrected chi connectivity index (χ3v) is 0.904. The second kappa shape index (κ2) is 4.66. The highest BCUT2D eigenvalue weighted by Gasteiger charge is 2.23. The zero-order valence-corrected chi connectivity index (χ0v) is 5.85. The summed E-state index contributed by atoms with van der Waals surface area (Å²) in [5.74, 6) is -1.94. The van der Waals surface area contributed by atoms with E-state index in [0.717, 1.165) is 24.3 Å². The molecule has 0 bridgehead atoms. The number of rotatable bonds is 4. The first-order chi connectivity index (χ1) is 5.74. The maximum Gasteiger partial charge on any atom is 0.296 e. The highest BCUT2D eigenvalue weighted by atomic mass is 16.1. The largest absolute Gasteiger partial charge is 0.296 e. The van der Waals surface area contributed by atoms with Gasteiger partial charge in [0.1, 0.15) is 0 Å². The quantitative estimate of drug-likeness (QED) is 0.329. The van der Waals surface area contributed by atoms with Gasteiger partial charge in [-0.15, -0.1) is 15.0 Å². The summed E-state index contributed by atoms with van der Waals surface area (Å²) in [4.78, 5) is 38.3. The third-order valence-electron chi connectivity index (χ3n) is 0.904. The Kier molecular flexibility index (Phi) is 3.84. The first kappa shape index (κ1) is 9.88. The van der Waals surface area contributed by atoms with Gasteiger partial charge in [0.2, 0.25) is 18.2 Å². The van der Waals surface area contributed by atoms with Gasteiger partial charge in [-0.05, 0) is 6.08 Å². The summed E-state index contributed by atoms with van der Waals surface area (Å²) in [6, 6.07) is 0. The maximum atomic E-state index is 9.81. The van der Waals surface area contributed by atoms with E-state index < -0.39 is 5.79 Å². The molecule has 60 valence electrons. The predicted molar refractivity (Wildman–Crippen MR) is 37.3 cm³/mol. The molecular formula is C6H3N3O3. The van der Waals surface area contributed by atoms with E-state index >= 15 is 0 Å². The molecule has 0 heterocycles. The lowest BCUT2D eigenvalue weighted by Gasteiger charge is -2.06. The first-order valence-electron chi connectivity index (χ1n) is 2.65. The minimum absolute atomic E-state index is 0.910. The highest BCUT2D eigenvalue weighted by molar-refractivity contribution is 5.44. The zero-order chi connectivity index (χ0) is 9.45. The molecule has 12 heavy (non-hydrogen) atoms. The van der Waals surface area contributed by atoms with E-state index in [0.29, 0.717) is 0 Å². The van der Waals surface area contributed by atoms with Crippen molar-refractivity contribution < 1.29 is 14.4 Å². The molecule has 0 amide bonds. The van der Waals surface area contributed by atoms with Gasteiger partial charge in [-0.3, -0.25) is 0 Å². The molecule has 0 fully saturated rings. The SMILES string of the molecule is C=CC(N=C=O)(N=C=O)N=C=O. The van der Waals surface area contributed by atoms with Crippen molar-refractivity contribution in [1.82, 2.24) is 0 Å². The van der Waals surface area contributed by atoms with Crippen LogP contribution < -0.4 is 0 Å². The number of isocyanates is 3. The van der Waals surface area contributed by atoms with Crippen LogP contribution in [0.2, 0.25) is 0 Å². The van der Waals surface area contributed by atoms with Crippen molar-refractivity contribution >= 4 is 18.2 Å². The van der Waals surface area contributed by atoms with Crippen LogP contribution in [0.5, 0.6) is 0 Å². The Morgan fingerprint density at radius 2 is 1.33 bits per heavy atom. The van der Waals surface area contributed by atoms with Gasteiger partial charge in [0, 0.05) is 0 Å². The van der Waals surface area contributed by atoms with Gasteiger partial charge in [0.15, 0.2) is 0 Å². The van der Waals surface area contributed by atoms with E-state index in [1.807, 2.05) is 0 Å². The lowest BCUT2D eigenvalue weighted by Crippen LogP contribution is -2.16. The second-order valence-electron chi connectivity index (χ2n) is 1.50. The fourth-order valence-electron chi connectivity index (χ4n) is 0.413. The molecule has 0 aromatic rings. The Hall–Kier alpha value is -2.12. The summed E-state index contributed by atoms with van der Waals surface area (Å²) in [5.41, 5.74) is 0. The number of nitrogens with zero attached hydrogens (tertiary/aromatic N) is 3. The number of hydrogen-bond acceptors (Lipinski definition) is 6. The van der Waals surface area contributed by atoms with Crippen LogP contribution in [0.3, 0.4) is 0 Å². The minimum atomic E-state index is -1.94.